The molecule has 1 N–H and O–H groups in total. The number of benzene rings is 1. The molecule has 14 heteroatoms. The summed E-state index contributed by atoms with van der Waals surface area (Å²) >= 11 is 0. The van der Waals surface area contributed by atoms with Crippen molar-refractivity contribution in [1.29, 1.82) is 0 Å². The maximum atomic E-state index is 13.2. The molecule has 0 unspecified atom stereocenters. The van der Waals surface area contributed by atoms with Gasteiger partial charge in [-0.3, -0.25) is 14.9 Å². The third-order valence-electron chi connectivity index (χ3n) is 5.00. The number of aromatic nitrogens is 2. The van der Waals surface area contributed by atoms with Crippen LogP contribution in [0.4, 0.5) is 40.6 Å². The summed E-state index contributed by atoms with van der Waals surface area (Å²) in [6.45, 7) is 2.59. The number of alkyl halides is 4. The highest BCUT2D eigenvalue weighted by Crippen LogP contribution is 2.36. The monoisotopic (exact) mass is 487 g/mol. The third kappa shape index (κ3) is 5.80. The molecule has 1 aromatic carbocycles. The number of nitrogens with zero attached hydrogens (tertiary/aromatic N) is 4. The summed E-state index contributed by atoms with van der Waals surface area (Å²) in [5.41, 5.74) is -0.433. The molecule has 0 radical (unpaired) electrons. The van der Waals surface area contributed by atoms with Gasteiger partial charge in [-0.2, -0.15) is 17.6 Å². The molecule has 34 heavy (non-hydrogen) atoms. The van der Waals surface area contributed by atoms with Crippen molar-refractivity contribution in [1.82, 2.24) is 9.97 Å². The standard InChI is InChI=1S/C20H21F4N5O5/c1-2-33-18(30)12-6-8-28(9-7-12)17-15(29(31)32)16(25-11-26-17)27-13-4-3-5-14(10-13)34-20(23,24)19(21)22/h3-5,10-12,19H,2,6-9H2,1H3,(H,25,26,27). The lowest BCUT2D eigenvalue weighted by Crippen LogP contribution is -2.37. The van der Waals surface area contributed by atoms with Crippen LogP contribution < -0.4 is 15.0 Å². The summed E-state index contributed by atoms with van der Waals surface area (Å²) in [5, 5.41) is 14.5. The lowest BCUT2D eigenvalue weighted by Gasteiger charge is -2.31. The van der Waals surface area contributed by atoms with Crippen LogP contribution in [0.25, 0.3) is 0 Å². The number of piperidine rings is 1. The van der Waals surface area contributed by atoms with Crippen LogP contribution in [0.2, 0.25) is 0 Å². The number of ether oxygens (including phenoxy) is 2. The first-order valence-corrected chi connectivity index (χ1v) is 10.3. The molecule has 0 bridgehead atoms. The van der Waals surface area contributed by atoms with Crippen LogP contribution in [0.3, 0.4) is 0 Å². The molecule has 1 aliphatic rings. The zero-order chi connectivity index (χ0) is 24.9. The molecule has 10 nitrogen and oxygen atoms in total. The van der Waals surface area contributed by atoms with Crippen LogP contribution >= 0.6 is 0 Å². The summed E-state index contributed by atoms with van der Waals surface area (Å²) in [7, 11) is 0. The highest BCUT2D eigenvalue weighted by atomic mass is 19.3. The summed E-state index contributed by atoms with van der Waals surface area (Å²) in [5.74, 6) is -1.43. The zero-order valence-electron chi connectivity index (χ0n) is 17.9. The average Bonchev–Trinajstić information content (AvgIpc) is 2.79. The maximum absolute atomic E-state index is 13.2. The van der Waals surface area contributed by atoms with Gasteiger partial charge >= 0.3 is 24.2 Å². The number of nitrogens with one attached hydrogen (secondary N) is 1. The van der Waals surface area contributed by atoms with Gasteiger partial charge in [0.15, 0.2) is 0 Å². The van der Waals surface area contributed by atoms with Crippen LogP contribution in [-0.2, 0) is 9.53 Å². The minimum atomic E-state index is -4.71. The molecule has 3 rings (SSSR count). The van der Waals surface area contributed by atoms with Crippen LogP contribution in [0.15, 0.2) is 30.6 Å². The van der Waals surface area contributed by atoms with Gasteiger partial charge in [0.2, 0.25) is 11.6 Å². The molecule has 2 aromatic rings. The number of hydrogen-bond donors (Lipinski definition) is 1. The second-order valence-electron chi connectivity index (χ2n) is 7.28. The van der Waals surface area contributed by atoms with Crippen molar-refractivity contribution in [2.45, 2.75) is 32.3 Å². The zero-order valence-corrected chi connectivity index (χ0v) is 17.9. The van der Waals surface area contributed by atoms with Gasteiger partial charge in [-0.1, -0.05) is 6.07 Å². The van der Waals surface area contributed by atoms with Gasteiger partial charge in [-0.25, -0.2) is 9.97 Å². The van der Waals surface area contributed by atoms with Crippen molar-refractivity contribution >= 4 is 29.0 Å². The van der Waals surface area contributed by atoms with Crippen molar-refractivity contribution in [2.24, 2.45) is 5.92 Å². The van der Waals surface area contributed by atoms with E-state index in [1.165, 1.54) is 12.1 Å². The van der Waals surface area contributed by atoms with E-state index in [4.69, 9.17) is 4.74 Å². The second kappa shape index (κ2) is 10.5. The summed E-state index contributed by atoms with van der Waals surface area (Å²) in [6.07, 6.45) is -6.82. The molecule has 0 saturated carbocycles. The van der Waals surface area contributed by atoms with E-state index in [0.717, 1.165) is 18.5 Å². The van der Waals surface area contributed by atoms with Gasteiger partial charge in [0.1, 0.15) is 12.1 Å². The third-order valence-corrected chi connectivity index (χ3v) is 5.00. The Morgan fingerprint density at radius 2 is 2.03 bits per heavy atom. The number of anilines is 3. The Labute approximate surface area is 191 Å². The van der Waals surface area contributed by atoms with Gasteiger partial charge in [0.05, 0.1) is 17.4 Å². The topological polar surface area (TPSA) is 120 Å². The van der Waals surface area contributed by atoms with Gasteiger partial charge in [0.25, 0.3) is 0 Å². The van der Waals surface area contributed by atoms with Gasteiger partial charge in [-0.05, 0) is 31.9 Å². The molecule has 0 spiro atoms. The van der Waals surface area contributed by atoms with Gasteiger partial charge in [-0.15, -0.1) is 0 Å². The maximum Gasteiger partial charge on any atom is 0.461 e. The van der Waals surface area contributed by atoms with E-state index < -0.39 is 28.9 Å². The number of carbonyl (C=O) groups excluding carboxylic acids is 1. The summed E-state index contributed by atoms with van der Waals surface area (Å²) in [6, 6.07) is 4.62. The van der Waals surface area contributed by atoms with Gasteiger partial charge < -0.3 is 19.7 Å². The summed E-state index contributed by atoms with van der Waals surface area (Å²) in [4.78, 5) is 32.6. The normalized spacial score (nSPS) is 14.7. The number of carbonyl (C=O) groups is 1. The van der Waals surface area contributed by atoms with Gasteiger partial charge in [0, 0.05) is 24.8 Å². The van der Waals surface area contributed by atoms with E-state index >= 15 is 0 Å². The Balaban J connectivity index is 1.81. The van der Waals surface area contributed by atoms with E-state index in [-0.39, 0.29) is 35.8 Å². The number of nitro groups is 1. The molecule has 1 saturated heterocycles. The van der Waals surface area contributed by atoms with Crippen LogP contribution in [0, 0.1) is 16.0 Å². The lowest BCUT2D eigenvalue weighted by atomic mass is 9.97. The molecule has 184 valence electrons. The molecule has 1 fully saturated rings. The van der Waals surface area contributed by atoms with E-state index in [1.807, 2.05) is 0 Å². The smallest absolute Gasteiger partial charge is 0.461 e. The van der Waals surface area contributed by atoms with E-state index in [0.29, 0.717) is 25.9 Å². The fourth-order valence-corrected chi connectivity index (χ4v) is 3.42. The Hall–Kier alpha value is -3.71. The Bertz CT molecular complexity index is 1030. The molecular formula is C20H21F4N5O5. The van der Waals surface area contributed by atoms with Crippen molar-refractivity contribution in [3.63, 3.8) is 0 Å². The first-order valence-electron chi connectivity index (χ1n) is 10.3. The molecule has 0 aliphatic carbocycles. The van der Waals surface area contributed by atoms with Crippen LogP contribution in [-0.4, -0.2) is 53.1 Å². The number of hydrogen-bond acceptors (Lipinski definition) is 9. The number of esters is 1. The minimum absolute atomic E-state index is 0.0152. The highest BCUT2D eigenvalue weighted by Gasteiger charge is 2.44. The molecule has 0 amide bonds. The predicted molar refractivity (Wildman–Crippen MR) is 112 cm³/mol. The largest absolute Gasteiger partial charge is 0.466 e. The minimum Gasteiger partial charge on any atom is -0.466 e. The summed E-state index contributed by atoms with van der Waals surface area (Å²) < 4.78 is 60.3. The molecular weight excluding hydrogens is 466 g/mol. The Kier molecular flexibility index (Phi) is 7.68. The quantitative estimate of drug-likeness (QED) is 0.241. The first kappa shape index (κ1) is 24.9. The van der Waals surface area contributed by atoms with Crippen LogP contribution in [0.1, 0.15) is 19.8 Å². The number of halogens is 4. The molecule has 0 atom stereocenters. The predicted octanol–water partition coefficient (Wildman–Crippen LogP) is 4.14. The lowest BCUT2D eigenvalue weighted by molar-refractivity contribution is -0.383. The Morgan fingerprint density at radius 1 is 1.32 bits per heavy atom. The number of rotatable bonds is 9. The van der Waals surface area contributed by atoms with E-state index in [2.05, 4.69) is 20.0 Å². The van der Waals surface area contributed by atoms with Crippen molar-refractivity contribution < 1.29 is 36.8 Å². The fraction of sp³-hybridized carbons (Fsp3) is 0.450. The first-order chi connectivity index (χ1) is 16.1. The SMILES string of the molecule is CCOC(=O)C1CCN(c2ncnc(Nc3cccc(OC(F)(F)C(F)F)c3)c2[N+](=O)[O-])CC1. The van der Waals surface area contributed by atoms with E-state index in [9.17, 15) is 32.5 Å². The average molecular weight is 487 g/mol. The van der Waals surface area contributed by atoms with Crippen molar-refractivity contribution in [3.8, 4) is 5.75 Å². The highest BCUT2D eigenvalue weighted by molar-refractivity contribution is 5.76. The fourth-order valence-electron chi connectivity index (χ4n) is 3.42. The molecule has 1 aliphatic heterocycles. The second-order valence-corrected chi connectivity index (χ2v) is 7.28. The van der Waals surface area contributed by atoms with Crippen LogP contribution in [0.5, 0.6) is 5.75 Å². The molecule has 1 aromatic heterocycles. The Morgan fingerprint density at radius 3 is 2.65 bits per heavy atom. The van der Waals surface area contributed by atoms with Crippen molar-refractivity contribution in [3.05, 3.63) is 40.7 Å². The van der Waals surface area contributed by atoms with E-state index in [1.54, 1.807) is 11.8 Å². The van der Waals surface area contributed by atoms with Crippen molar-refractivity contribution in [2.75, 3.05) is 29.9 Å². The molecule has 2 heterocycles.